The van der Waals surface area contributed by atoms with E-state index < -0.39 is 5.91 Å². The minimum Gasteiger partial charge on any atom is -0.493 e. The molecule has 1 aliphatic rings. The first-order chi connectivity index (χ1) is 15.0. The smallest absolute Gasteiger partial charge is 0.259 e. The summed E-state index contributed by atoms with van der Waals surface area (Å²) in [6.45, 7) is 0. The molecule has 3 aromatic carbocycles. The van der Waals surface area contributed by atoms with Gasteiger partial charge in [0, 0.05) is 11.3 Å². The molecule has 2 amide bonds. The lowest BCUT2D eigenvalue weighted by molar-refractivity contribution is 0.101. The second-order valence-corrected chi connectivity index (χ2v) is 6.63. The van der Waals surface area contributed by atoms with Crippen LogP contribution in [0.5, 0.6) is 28.7 Å². The number of hydrogen-bond donors (Lipinski definition) is 2. The van der Waals surface area contributed by atoms with Crippen LogP contribution in [0.1, 0.15) is 20.7 Å². The minimum absolute atomic E-state index is 0.303. The molecule has 0 bridgehead atoms. The number of nitrogens with one attached hydrogen (secondary N) is 2. The monoisotopic (exact) mass is 420 g/mol. The molecule has 0 aliphatic carbocycles. The molecular weight excluding hydrogens is 400 g/mol. The van der Waals surface area contributed by atoms with Gasteiger partial charge in [0.15, 0.2) is 17.2 Å². The highest BCUT2D eigenvalue weighted by atomic mass is 16.5. The predicted octanol–water partition coefficient (Wildman–Crippen LogP) is 4.32. The Bertz CT molecular complexity index is 1150. The van der Waals surface area contributed by atoms with Crippen molar-refractivity contribution in [2.24, 2.45) is 0 Å². The Morgan fingerprint density at radius 1 is 0.903 bits per heavy atom. The Morgan fingerprint density at radius 2 is 1.61 bits per heavy atom. The lowest BCUT2D eigenvalue weighted by Gasteiger charge is -2.14. The highest BCUT2D eigenvalue weighted by Gasteiger charge is 2.22. The Morgan fingerprint density at radius 3 is 2.29 bits per heavy atom. The van der Waals surface area contributed by atoms with Gasteiger partial charge in [-0.05, 0) is 42.5 Å². The second kappa shape index (κ2) is 8.27. The number of rotatable bonds is 5. The van der Waals surface area contributed by atoms with E-state index in [0.717, 1.165) is 0 Å². The lowest BCUT2D eigenvalue weighted by Crippen LogP contribution is -2.14. The Hall–Kier alpha value is -4.20. The van der Waals surface area contributed by atoms with E-state index in [-0.39, 0.29) is 5.91 Å². The summed E-state index contributed by atoms with van der Waals surface area (Å²) in [5.74, 6) is 1.32. The van der Waals surface area contributed by atoms with Crippen LogP contribution in [0, 0.1) is 0 Å². The average molecular weight is 420 g/mol. The molecule has 2 N–H and O–H groups in total. The molecule has 0 aromatic heterocycles. The molecule has 31 heavy (non-hydrogen) atoms. The number of hydrogen-bond acceptors (Lipinski definition) is 6. The van der Waals surface area contributed by atoms with Gasteiger partial charge in [-0.3, -0.25) is 9.59 Å². The second-order valence-electron chi connectivity index (χ2n) is 6.63. The van der Waals surface area contributed by atoms with Crippen molar-refractivity contribution in [3.05, 3.63) is 65.7 Å². The molecule has 0 radical (unpaired) electrons. The fraction of sp³-hybridized carbons (Fsp3) is 0.130. The third kappa shape index (κ3) is 3.83. The van der Waals surface area contributed by atoms with Gasteiger partial charge in [0.1, 0.15) is 5.75 Å². The average Bonchev–Trinajstić information content (AvgIpc) is 2.93. The van der Waals surface area contributed by atoms with Crippen molar-refractivity contribution in [2.75, 3.05) is 32.0 Å². The summed E-state index contributed by atoms with van der Waals surface area (Å²) in [4.78, 5) is 25.5. The van der Waals surface area contributed by atoms with Crippen molar-refractivity contribution in [3.8, 4) is 28.7 Å². The van der Waals surface area contributed by atoms with Crippen LogP contribution < -0.4 is 29.6 Å². The fourth-order valence-corrected chi connectivity index (χ4v) is 3.26. The summed E-state index contributed by atoms with van der Waals surface area (Å²) in [5, 5.41) is 5.59. The Balaban J connectivity index is 1.62. The van der Waals surface area contributed by atoms with Crippen LogP contribution in [0.25, 0.3) is 0 Å². The fourth-order valence-electron chi connectivity index (χ4n) is 3.26. The molecule has 4 rings (SSSR count). The van der Waals surface area contributed by atoms with Gasteiger partial charge in [0.2, 0.25) is 5.75 Å². The molecule has 158 valence electrons. The van der Waals surface area contributed by atoms with Gasteiger partial charge in [-0.2, -0.15) is 0 Å². The van der Waals surface area contributed by atoms with E-state index in [1.54, 1.807) is 42.5 Å². The number of amides is 2. The summed E-state index contributed by atoms with van der Waals surface area (Å²) in [6.07, 6.45) is 0. The van der Waals surface area contributed by atoms with Crippen LogP contribution in [-0.4, -0.2) is 33.1 Å². The zero-order valence-electron chi connectivity index (χ0n) is 17.1. The van der Waals surface area contributed by atoms with Gasteiger partial charge in [0.25, 0.3) is 11.8 Å². The summed E-state index contributed by atoms with van der Waals surface area (Å²) in [5.41, 5.74) is 1.62. The lowest BCUT2D eigenvalue weighted by atomic mass is 10.1. The molecule has 0 saturated carbocycles. The highest BCUT2D eigenvalue weighted by molar-refractivity contribution is 6.10. The number of para-hydroxylation sites is 2. The molecule has 3 aromatic rings. The van der Waals surface area contributed by atoms with Gasteiger partial charge < -0.3 is 29.6 Å². The SMILES string of the molecule is COc1cc(C(=O)Nc2ccc3c(c2)C(=O)Nc2ccccc2O3)cc(OC)c1OC. The van der Waals surface area contributed by atoms with E-state index >= 15 is 0 Å². The van der Waals surface area contributed by atoms with Crippen LogP contribution in [0.3, 0.4) is 0 Å². The summed E-state index contributed by atoms with van der Waals surface area (Å²) in [6, 6.07) is 15.1. The van der Waals surface area contributed by atoms with E-state index in [1.807, 2.05) is 12.1 Å². The van der Waals surface area contributed by atoms with Gasteiger partial charge in [0.05, 0.1) is 32.6 Å². The van der Waals surface area contributed by atoms with Gasteiger partial charge in [-0.25, -0.2) is 0 Å². The maximum atomic E-state index is 12.9. The Kier molecular flexibility index (Phi) is 5.36. The number of carbonyl (C=O) groups is 2. The molecule has 0 unspecified atom stereocenters. The van der Waals surface area contributed by atoms with E-state index in [0.29, 0.717) is 51.2 Å². The van der Waals surface area contributed by atoms with Crippen LogP contribution in [0.4, 0.5) is 11.4 Å². The third-order valence-electron chi connectivity index (χ3n) is 4.76. The predicted molar refractivity (Wildman–Crippen MR) is 115 cm³/mol. The van der Waals surface area contributed by atoms with E-state index in [1.165, 1.54) is 21.3 Å². The molecule has 0 spiro atoms. The summed E-state index contributed by atoms with van der Waals surface area (Å²) in [7, 11) is 4.44. The van der Waals surface area contributed by atoms with Crippen LogP contribution in [0.2, 0.25) is 0 Å². The highest BCUT2D eigenvalue weighted by Crippen LogP contribution is 2.39. The molecule has 0 atom stereocenters. The van der Waals surface area contributed by atoms with Crippen LogP contribution in [0.15, 0.2) is 54.6 Å². The molecule has 1 heterocycles. The molecule has 8 heteroatoms. The number of carbonyl (C=O) groups excluding carboxylic acids is 2. The summed E-state index contributed by atoms with van der Waals surface area (Å²) < 4.78 is 21.7. The molecule has 8 nitrogen and oxygen atoms in total. The quantitative estimate of drug-likeness (QED) is 0.638. The zero-order valence-corrected chi connectivity index (χ0v) is 17.1. The topological polar surface area (TPSA) is 95.1 Å². The van der Waals surface area contributed by atoms with Crippen molar-refractivity contribution in [1.82, 2.24) is 0 Å². The largest absolute Gasteiger partial charge is 0.493 e. The van der Waals surface area contributed by atoms with Crippen molar-refractivity contribution in [1.29, 1.82) is 0 Å². The standard InChI is InChI=1S/C23H20N2O6/c1-28-19-10-13(11-20(29-2)21(19)30-3)22(26)24-14-8-9-17-15(12-14)23(27)25-16-6-4-5-7-18(16)31-17/h4-12H,1-3H3,(H,24,26)(H,25,27). The number of benzene rings is 3. The molecule has 1 aliphatic heterocycles. The van der Waals surface area contributed by atoms with Gasteiger partial charge >= 0.3 is 0 Å². The van der Waals surface area contributed by atoms with Crippen LogP contribution in [-0.2, 0) is 0 Å². The van der Waals surface area contributed by atoms with Gasteiger partial charge in [-0.1, -0.05) is 12.1 Å². The van der Waals surface area contributed by atoms with Crippen molar-refractivity contribution >= 4 is 23.2 Å². The van der Waals surface area contributed by atoms with Crippen molar-refractivity contribution in [3.63, 3.8) is 0 Å². The molecule has 0 fully saturated rings. The number of anilines is 2. The Labute approximate surface area is 178 Å². The number of fused-ring (bicyclic) bond motifs is 2. The van der Waals surface area contributed by atoms with E-state index in [2.05, 4.69) is 10.6 Å². The van der Waals surface area contributed by atoms with Crippen molar-refractivity contribution < 1.29 is 28.5 Å². The zero-order chi connectivity index (χ0) is 22.0. The number of methoxy groups -OCH3 is 3. The molecule has 0 saturated heterocycles. The minimum atomic E-state index is -0.405. The van der Waals surface area contributed by atoms with Crippen LogP contribution >= 0.6 is 0 Å². The van der Waals surface area contributed by atoms with Crippen molar-refractivity contribution in [2.45, 2.75) is 0 Å². The first-order valence-corrected chi connectivity index (χ1v) is 9.37. The maximum Gasteiger partial charge on any atom is 0.259 e. The third-order valence-corrected chi connectivity index (χ3v) is 4.76. The maximum absolute atomic E-state index is 12.9. The van der Waals surface area contributed by atoms with E-state index in [4.69, 9.17) is 18.9 Å². The van der Waals surface area contributed by atoms with E-state index in [9.17, 15) is 9.59 Å². The molecular formula is C23H20N2O6. The summed E-state index contributed by atoms with van der Waals surface area (Å²) >= 11 is 0. The normalized spacial score (nSPS) is 11.8. The first-order valence-electron chi connectivity index (χ1n) is 9.37. The van der Waals surface area contributed by atoms with Gasteiger partial charge in [-0.15, -0.1) is 0 Å². The number of ether oxygens (including phenoxy) is 4. The first kappa shape index (κ1) is 20.1.